The van der Waals surface area contributed by atoms with Crippen molar-refractivity contribution >= 4 is 29.1 Å². The van der Waals surface area contributed by atoms with Gasteiger partial charge in [-0.2, -0.15) is 0 Å². The lowest BCUT2D eigenvalue weighted by molar-refractivity contribution is -0.126. The van der Waals surface area contributed by atoms with Gasteiger partial charge in [-0.3, -0.25) is 14.4 Å². The Morgan fingerprint density at radius 3 is 2.33 bits per heavy atom. The number of rotatable bonds is 8. The molecule has 1 saturated heterocycles. The minimum absolute atomic E-state index is 0.0907. The second-order valence-corrected chi connectivity index (χ2v) is 9.26. The average molecular weight is 486 g/mol. The lowest BCUT2D eigenvalue weighted by atomic mass is 10.1. The van der Waals surface area contributed by atoms with Gasteiger partial charge in [0.2, 0.25) is 11.8 Å². The Labute approximate surface area is 211 Å². The van der Waals surface area contributed by atoms with Gasteiger partial charge in [-0.05, 0) is 62.2 Å². The smallest absolute Gasteiger partial charge is 0.262 e. The number of hydrogen-bond acceptors (Lipinski definition) is 4. The van der Waals surface area contributed by atoms with Crippen molar-refractivity contribution in [2.75, 3.05) is 23.4 Å². The van der Waals surface area contributed by atoms with Crippen LogP contribution >= 0.6 is 0 Å². The lowest BCUT2D eigenvalue weighted by Crippen LogP contribution is -2.32. The summed E-state index contributed by atoms with van der Waals surface area (Å²) in [6.45, 7) is 6.61. The van der Waals surface area contributed by atoms with E-state index in [0.29, 0.717) is 24.5 Å². The van der Waals surface area contributed by atoms with Gasteiger partial charge in [0.05, 0.1) is 5.92 Å². The fourth-order valence-electron chi connectivity index (χ4n) is 4.18. The second-order valence-electron chi connectivity index (χ2n) is 9.26. The van der Waals surface area contributed by atoms with E-state index in [1.807, 2.05) is 63.2 Å². The minimum atomic E-state index is -0.396. The minimum Gasteiger partial charge on any atom is -0.484 e. The first-order chi connectivity index (χ1) is 17.3. The summed E-state index contributed by atoms with van der Waals surface area (Å²) in [6.07, 6.45) is 0.177. The fourth-order valence-corrected chi connectivity index (χ4v) is 4.18. The van der Waals surface area contributed by atoms with Crippen molar-refractivity contribution in [2.45, 2.75) is 33.7 Å². The summed E-state index contributed by atoms with van der Waals surface area (Å²) in [6, 6.07) is 20.8. The van der Waals surface area contributed by atoms with E-state index < -0.39 is 5.92 Å². The molecule has 0 aliphatic carbocycles. The van der Waals surface area contributed by atoms with Crippen molar-refractivity contribution in [3.63, 3.8) is 0 Å². The van der Waals surface area contributed by atoms with Crippen LogP contribution in [0.15, 0.2) is 66.7 Å². The molecule has 1 fully saturated rings. The van der Waals surface area contributed by atoms with E-state index in [0.717, 1.165) is 22.4 Å². The van der Waals surface area contributed by atoms with E-state index in [4.69, 9.17) is 4.74 Å². The predicted molar refractivity (Wildman–Crippen MR) is 140 cm³/mol. The highest BCUT2D eigenvalue weighted by Gasteiger charge is 2.35. The number of anilines is 2. The van der Waals surface area contributed by atoms with Crippen molar-refractivity contribution in [3.05, 3.63) is 89.0 Å². The molecule has 7 heteroatoms. The summed E-state index contributed by atoms with van der Waals surface area (Å²) in [5.74, 6) is -0.338. The highest BCUT2D eigenvalue weighted by Crippen LogP contribution is 2.27. The topological polar surface area (TPSA) is 87.7 Å². The van der Waals surface area contributed by atoms with Gasteiger partial charge < -0.3 is 20.3 Å². The number of carbonyl (C=O) groups is 3. The molecule has 7 nitrogen and oxygen atoms in total. The quantitative estimate of drug-likeness (QED) is 0.498. The number of carbonyl (C=O) groups excluding carboxylic acids is 3. The van der Waals surface area contributed by atoms with E-state index >= 15 is 0 Å². The Bertz CT molecular complexity index is 1250. The molecule has 36 heavy (non-hydrogen) atoms. The summed E-state index contributed by atoms with van der Waals surface area (Å²) in [4.78, 5) is 39.1. The van der Waals surface area contributed by atoms with Gasteiger partial charge in [0, 0.05) is 30.9 Å². The van der Waals surface area contributed by atoms with Crippen LogP contribution in [-0.4, -0.2) is 30.9 Å². The predicted octanol–water partition coefficient (Wildman–Crippen LogP) is 4.30. The first-order valence-corrected chi connectivity index (χ1v) is 12.0. The molecule has 3 aromatic rings. The molecule has 1 aliphatic rings. The molecule has 1 heterocycles. The van der Waals surface area contributed by atoms with Gasteiger partial charge in [-0.15, -0.1) is 0 Å². The van der Waals surface area contributed by atoms with E-state index in [9.17, 15) is 14.4 Å². The highest BCUT2D eigenvalue weighted by molar-refractivity contribution is 6.00. The summed E-state index contributed by atoms with van der Waals surface area (Å²) in [5, 5.41) is 5.79. The number of nitrogens with one attached hydrogen (secondary N) is 2. The summed E-state index contributed by atoms with van der Waals surface area (Å²) >= 11 is 0. The third kappa shape index (κ3) is 6.30. The van der Waals surface area contributed by atoms with Crippen LogP contribution in [0.2, 0.25) is 0 Å². The van der Waals surface area contributed by atoms with Crippen molar-refractivity contribution in [1.82, 2.24) is 5.32 Å². The molecule has 1 aliphatic heterocycles. The zero-order chi connectivity index (χ0) is 25.7. The average Bonchev–Trinajstić information content (AvgIpc) is 3.26. The molecule has 1 atom stereocenters. The van der Waals surface area contributed by atoms with Gasteiger partial charge in [0.1, 0.15) is 5.75 Å². The van der Waals surface area contributed by atoms with Crippen molar-refractivity contribution in [1.29, 1.82) is 0 Å². The molecule has 3 amide bonds. The summed E-state index contributed by atoms with van der Waals surface area (Å²) in [5.41, 5.74) is 5.76. The molecule has 0 spiro atoms. The van der Waals surface area contributed by atoms with Crippen molar-refractivity contribution in [3.8, 4) is 5.75 Å². The van der Waals surface area contributed by atoms with Crippen LogP contribution in [0.3, 0.4) is 0 Å². The molecule has 0 saturated carbocycles. The van der Waals surface area contributed by atoms with E-state index in [-0.39, 0.29) is 30.7 Å². The number of hydrogen-bond donors (Lipinski definition) is 2. The van der Waals surface area contributed by atoms with Crippen LogP contribution in [0, 0.1) is 26.7 Å². The Hall–Kier alpha value is -4.13. The first kappa shape index (κ1) is 25.0. The Morgan fingerprint density at radius 1 is 0.944 bits per heavy atom. The molecule has 2 N–H and O–H groups in total. The van der Waals surface area contributed by atoms with Gasteiger partial charge in [-0.25, -0.2) is 0 Å². The van der Waals surface area contributed by atoms with E-state index in [2.05, 4.69) is 10.6 Å². The molecule has 186 valence electrons. The molecule has 0 aromatic heterocycles. The van der Waals surface area contributed by atoms with Crippen LogP contribution in [0.4, 0.5) is 11.4 Å². The largest absolute Gasteiger partial charge is 0.484 e. The Morgan fingerprint density at radius 2 is 1.64 bits per heavy atom. The monoisotopic (exact) mass is 485 g/mol. The summed E-state index contributed by atoms with van der Waals surface area (Å²) in [7, 11) is 0. The van der Waals surface area contributed by atoms with E-state index in [1.54, 1.807) is 29.2 Å². The number of amides is 3. The number of aryl methyl sites for hydroxylation is 3. The molecular weight excluding hydrogens is 454 g/mol. The van der Waals surface area contributed by atoms with E-state index in [1.165, 1.54) is 5.56 Å². The molecule has 4 rings (SSSR count). The van der Waals surface area contributed by atoms with Gasteiger partial charge in [-0.1, -0.05) is 47.5 Å². The third-order valence-electron chi connectivity index (χ3n) is 6.26. The normalized spacial score (nSPS) is 15.0. The SMILES string of the molecule is Cc1ccc(CNC(=O)[C@@H]2CC(=O)N(c3ccc(OCC(=O)Nc4ccc(C)cc4C)cc3)C2)cc1. The molecular formula is C29H31N3O4. The number of ether oxygens (including phenoxy) is 1. The van der Waals surface area contributed by atoms with Gasteiger partial charge in [0.25, 0.3) is 5.91 Å². The maximum Gasteiger partial charge on any atom is 0.262 e. The zero-order valence-corrected chi connectivity index (χ0v) is 20.8. The Balaban J connectivity index is 1.27. The molecule has 0 bridgehead atoms. The maximum atomic E-state index is 12.6. The van der Waals surface area contributed by atoms with Gasteiger partial charge >= 0.3 is 0 Å². The molecule has 0 unspecified atom stereocenters. The molecule has 0 radical (unpaired) electrons. The highest BCUT2D eigenvalue weighted by atomic mass is 16.5. The van der Waals surface area contributed by atoms with Crippen LogP contribution in [0.25, 0.3) is 0 Å². The number of nitrogens with zero attached hydrogens (tertiary/aromatic N) is 1. The summed E-state index contributed by atoms with van der Waals surface area (Å²) < 4.78 is 5.61. The van der Waals surface area contributed by atoms with Crippen LogP contribution in [-0.2, 0) is 20.9 Å². The second kappa shape index (κ2) is 11.1. The van der Waals surface area contributed by atoms with Crippen molar-refractivity contribution < 1.29 is 19.1 Å². The molecule has 3 aromatic carbocycles. The van der Waals surface area contributed by atoms with Crippen molar-refractivity contribution in [2.24, 2.45) is 5.92 Å². The van der Waals surface area contributed by atoms with Crippen LogP contribution < -0.4 is 20.3 Å². The number of benzene rings is 3. The first-order valence-electron chi connectivity index (χ1n) is 12.0. The zero-order valence-electron chi connectivity index (χ0n) is 20.8. The van der Waals surface area contributed by atoms with Gasteiger partial charge in [0.15, 0.2) is 6.61 Å². The lowest BCUT2D eigenvalue weighted by Gasteiger charge is -2.17. The fraction of sp³-hybridized carbons (Fsp3) is 0.276. The van der Waals surface area contributed by atoms with Crippen LogP contribution in [0.1, 0.15) is 28.7 Å². The van der Waals surface area contributed by atoms with Crippen LogP contribution in [0.5, 0.6) is 5.75 Å². The standard InChI is InChI=1S/C29H31N3O4/c1-19-4-7-22(8-5-19)16-30-29(35)23-15-28(34)32(17-23)24-9-11-25(12-10-24)36-18-27(33)31-26-13-6-20(2)14-21(26)3/h4-14,23H,15-18H2,1-3H3,(H,30,35)(H,31,33)/t23-/m1/s1. The Kier molecular flexibility index (Phi) is 7.68. The maximum absolute atomic E-state index is 12.6. The third-order valence-corrected chi connectivity index (χ3v) is 6.26.